The molecule has 3 aromatic heterocycles. The Morgan fingerprint density at radius 3 is 2.77 bits per heavy atom. The van der Waals surface area contributed by atoms with Crippen LogP contribution in [-0.2, 0) is 6.54 Å². The van der Waals surface area contributed by atoms with E-state index in [0.29, 0.717) is 23.5 Å². The molecule has 0 aliphatic heterocycles. The lowest BCUT2D eigenvalue weighted by atomic mass is 10.2. The highest BCUT2D eigenvalue weighted by atomic mass is 16.4. The average Bonchev–Trinajstić information content (AvgIpc) is 2.92. The number of aryl methyl sites for hydroxylation is 2. The fraction of sp³-hybridized carbons (Fsp3) is 0.158. The van der Waals surface area contributed by atoms with E-state index in [9.17, 15) is 9.59 Å². The molecular formula is C19H16N4O3. The normalized spacial score (nSPS) is 11.2. The Morgan fingerprint density at radius 2 is 1.92 bits per heavy atom. The highest BCUT2D eigenvalue weighted by Crippen LogP contribution is 2.15. The maximum Gasteiger partial charge on any atom is 0.421 e. The molecule has 0 saturated heterocycles. The summed E-state index contributed by atoms with van der Waals surface area (Å²) in [5.74, 6) is -0.458. The molecule has 0 aliphatic carbocycles. The Balaban J connectivity index is 1.78. The molecule has 0 saturated carbocycles. The summed E-state index contributed by atoms with van der Waals surface area (Å²) < 4.78 is 8.28. The second-order valence-electron chi connectivity index (χ2n) is 6.14. The van der Waals surface area contributed by atoms with Gasteiger partial charge in [-0.25, -0.2) is 9.78 Å². The summed E-state index contributed by atoms with van der Waals surface area (Å²) in [4.78, 5) is 32.7. The quantitative estimate of drug-likeness (QED) is 0.567. The second kappa shape index (κ2) is 6.11. The molecule has 0 amide bonds. The number of nitrogens with zero attached hydrogens (tertiary/aromatic N) is 4. The van der Waals surface area contributed by atoms with Crippen LogP contribution in [0.3, 0.4) is 0 Å². The molecule has 0 unspecified atom stereocenters. The van der Waals surface area contributed by atoms with Crippen molar-refractivity contribution in [3.63, 3.8) is 0 Å². The number of fused-ring (bicyclic) bond motifs is 1. The molecule has 3 heterocycles. The van der Waals surface area contributed by atoms with Crippen LogP contribution in [0, 0.1) is 13.8 Å². The van der Waals surface area contributed by atoms with Crippen LogP contribution in [0.2, 0.25) is 0 Å². The van der Waals surface area contributed by atoms with Crippen molar-refractivity contribution in [1.29, 1.82) is 0 Å². The van der Waals surface area contributed by atoms with Crippen LogP contribution in [-0.4, -0.2) is 19.1 Å². The molecule has 0 N–H and O–H groups in total. The third-order valence-corrected chi connectivity index (χ3v) is 4.11. The standard InChI is InChI=1S/C19H16N4O3/c1-12-6-7-16-18(21-12)23(19(25)26-16)11-14-4-3-5-15(8-14)22-10-13(2)20-9-17(22)24/h3-10H,11H2,1-2H3. The van der Waals surface area contributed by atoms with Gasteiger partial charge in [-0.05, 0) is 43.7 Å². The summed E-state index contributed by atoms with van der Waals surface area (Å²) in [6.07, 6.45) is 2.98. The van der Waals surface area contributed by atoms with E-state index in [-0.39, 0.29) is 5.56 Å². The van der Waals surface area contributed by atoms with Crippen LogP contribution in [0.5, 0.6) is 0 Å². The molecule has 4 aromatic rings. The zero-order valence-electron chi connectivity index (χ0n) is 14.3. The molecule has 0 radical (unpaired) electrons. The average molecular weight is 348 g/mol. The Hall–Kier alpha value is -3.48. The van der Waals surface area contributed by atoms with Gasteiger partial charge < -0.3 is 4.42 Å². The monoisotopic (exact) mass is 348 g/mol. The molecule has 0 atom stereocenters. The zero-order valence-corrected chi connectivity index (χ0v) is 14.3. The minimum atomic E-state index is -0.458. The van der Waals surface area contributed by atoms with E-state index < -0.39 is 5.76 Å². The van der Waals surface area contributed by atoms with Crippen molar-refractivity contribution < 1.29 is 4.42 Å². The van der Waals surface area contributed by atoms with Crippen LogP contribution in [0.4, 0.5) is 0 Å². The minimum absolute atomic E-state index is 0.212. The molecule has 7 nitrogen and oxygen atoms in total. The Kier molecular flexibility index (Phi) is 3.76. The molecule has 0 bridgehead atoms. The zero-order chi connectivity index (χ0) is 18.3. The number of hydrogen-bond acceptors (Lipinski definition) is 5. The lowest BCUT2D eigenvalue weighted by molar-refractivity contribution is 0.517. The van der Waals surface area contributed by atoms with Crippen LogP contribution < -0.4 is 11.3 Å². The van der Waals surface area contributed by atoms with E-state index in [2.05, 4.69) is 9.97 Å². The summed E-state index contributed by atoms with van der Waals surface area (Å²) in [7, 11) is 0. The minimum Gasteiger partial charge on any atom is -0.406 e. The van der Waals surface area contributed by atoms with Gasteiger partial charge in [0.05, 0.1) is 18.4 Å². The fourth-order valence-corrected chi connectivity index (χ4v) is 2.87. The molecule has 130 valence electrons. The van der Waals surface area contributed by atoms with Crippen molar-refractivity contribution in [2.24, 2.45) is 0 Å². The number of oxazole rings is 1. The smallest absolute Gasteiger partial charge is 0.406 e. The van der Waals surface area contributed by atoms with Crippen molar-refractivity contribution in [1.82, 2.24) is 19.1 Å². The SMILES string of the molecule is Cc1cn(-c2cccc(Cn3c(=O)oc4ccc(C)nc43)c2)c(=O)cn1. The van der Waals surface area contributed by atoms with Crippen molar-refractivity contribution >= 4 is 11.2 Å². The van der Waals surface area contributed by atoms with Gasteiger partial charge in [0, 0.05) is 17.6 Å². The maximum absolute atomic E-state index is 12.2. The van der Waals surface area contributed by atoms with E-state index in [1.807, 2.05) is 38.1 Å². The van der Waals surface area contributed by atoms with E-state index in [1.165, 1.54) is 15.3 Å². The first-order valence-electron chi connectivity index (χ1n) is 8.13. The Bertz CT molecular complexity index is 1230. The van der Waals surface area contributed by atoms with Gasteiger partial charge in [0.25, 0.3) is 5.56 Å². The first-order chi connectivity index (χ1) is 12.5. The Labute approximate surface area is 148 Å². The first kappa shape index (κ1) is 16.0. The van der Waals surface area contributed by atoms with Gasteiger partial charge in [-0.3, -0.25) is 18.9 Å². The third-order valence-electron chi connectivity index (χ3n) is 4.11. The van der Waals surface area contributed by atoms with E-state index >= 15 is 0 Å². The van der Waals surface area contributed by atoms with E-state index in [1.54, 1.807) is 18.3 Å². The van der Waals surface area contributed by atoms with E-state index in [4.69, 9.17) is 4.42 Å². The molecule has 0 aliphatic rings. The predicted octanol–water partition coefficient (Wildman–Crippen LogP) is 2.20. The fourth-order valence-electron chi connectivity index (χ4n) is 2.87. The number of aromatic nitrogens is 4. The molecule has 7 heteroatoms. The van der Waals surface area contributed by atoms with Crippen LogP contribution in [0.1, 0.15) is 17.0 Å². The number of benzene rings is 1. The lowest BCUT2D eigenvalue weighted by Crippen LogP contribution is -2.19. The second-order valence-corrected chi connectivity index (χ2v) is 6.14. The third kappa shape index (κ3) is 2.83. The molecule has 26 heavy (non-hydrogen) atoms. The topological polar surface area (TPSA) is 82.9 Å². The highest BCUT2D eigenvalue weighted by molar-refractivity contribution is 5.68. The van der Waals surface area contributed by atoms with Crippen molar-refractivity contribution in [3.8, 4) is 5.69 Å². The van der Waals surface area contributed by atoms with Gasteiger partial charge in [0.1, 0.15) is 0 Å². The Morgan fingerprint density at radius 1 is 1.08 bits per heavy atom. The molecule has 4 rings (SSSR count). The first-order valence-corrected chi connectivity index (χ1v) is 8.13. The summed E-state index contributed by atoms with van der Waals surface area (Å²) in [6.45, 7) is 3.99. The molecule has 0 spiro atoms. The van der Waals surface area contributed by atoms with Gasteiger partial charge >= 0.3 is 5.76 Å². The summed E-state index contributed by atoms with van der Waals surface area (Å²) in [5, 5.41) is 0. The lowest BCUT2D eigenvalue weighted by Gasteiger charge is -2.09. The van der Waals surface area contributed by atoms with Crippen LogP contribution in [0.25, 0.3) is 16.9 Å². The van der Waals surface area contributed by atoms with Gasteiger partial charge in [-0.1, -0.05) is 12.1 Å². The van der Waals surface area contributed by atoms with Crippen molar-refractivity contribution in [2.45, 2.75) is 20.4 Å². The van der Waals surface area contributed by atoms with Gasteiger partial charge in [-0.15, -0.1) is 0 Å². The highest BCUT2D eigenvalue weighted by Gasteiger charge is 2.12. The number of hydrogen-bond donors (Lipinski definition) is 0. The summed E-state index contributed by atoms with van der Waals surface area (Å²) >= 11 is 0. The molecular weight excluding hydrogens is 332 g/mol. The number of pyridine rings is 1. The van der Waals surface area contributed by atoms with Gasteiger partial charge in [0.2, 0.25) is 0 Å². The predicted molar refractivity (Wildman–Crippen MR) is 96.7 cm³/mol. The van der Waals surface area contributed by atoms with Crippen molar-refractivity contribution in [3.05, 3.63) is 86.6 Å². The number of rotatable bonds is 3. The van der Waals surface area contributed by atoms with Gasteiger partial charge in [-0.2, -0.15) is 0 Å². The van der Waals surface area contributed by atoms with E-state index in [0.717, 1.165) is 17.0 Å². The van der Waals surface area contributed by atoms with Crippen molar-refractivity contribution in [2.75, 3.05) is 0 Å². The maximum atomic E-state index is 12.2. The van der Waals surface area contributed by atoms with Crippen LogP contribution >= 0.6 is 0 Å². The largest absolute Gasteiger partial charge is 0.421 e. The summed E-state index contributed by atoms with van der Waals surface area (Å²) in [6, 6.07) is 11.0. The molecule has 0 fully saturated rings. The van der Waals surface area contributed by atoms with Crippen LogP contribution in [0.15, 0.2) is 62.8 Å². The van der Waals surface area contributed by atoms with Gasteiger partial charge in [0.15, 0.2) is 11.2 Å². The molecule has 1 aromatic carbocycles. The summed E-state index contributed by atoms with van der Waals surface area (Å²) in [5.41, 5.74) is 3.87.